The van der Waals surface area contributed by atoms with Gasteiger partial charge in [-0.05, 0) is 70.1 Å². The first-order valence-electron chi connectivity index (χ1n) is 11.5. The van der Waals surface area contributed by atoms with Crippen LogP contribution in [0.4, 0.5) is 0 Å². The number of aryl methyl sites for hydroxylation is 2. The average molecular weight is 433 g/mol. The van der Waals surface area contributed by atoms with E-state index in [1.807, 2.05) is 41.9 Å². The maximum absolute atomic E-state index is 12.5. The molecule has 0 fully saturated rings. The van der Waals surface area contributed by atoms with Gasteiger partial charge in [-0.1, -0.05) is 29.8 Å². The first-order valence-corrected chi connectivity index (χ1v) is 11.5. The standard InChI is InChI=1S/C26H32N4O2/c1-18-22(14-15-23(31)27-17-16-20-10-6-4-7-11-20)26(32-3)28-25-24(18)19(2)29-30(25)21-12-8-5-9-13-21/h5,8-10,12-13H,4,6-7,11,14-17H2,1-3H3,(H,27,31). The largest absolute Gasteiger partial charge is 0.481 e. The summed E-state index contributed by atoms with van der Waals surface area (Å²) >= 11 is 0. The Kier molecular flexibility index (Phi) is 6.88. The van der Waals surface area contributed by atoms with Gasteiger partial charge in [0.25, 0.3) is 0 Å². The maximum atomic E-state index is 12.5. The molecule has 0 bridgehead atoms. The van der Waals surface area contributed by atoms with Crippen LogP contribution in [0.1, 0.15) is 55.3 Å². The van der Waals surface area contributed by atoms with Crippen molar-refractivity contribution < 1.29 is 9.53 Å². The van der Waals surface area contributed by atoms with Crippen LogP contribution >= 0.6 is 0 Å². The number of hydrogen-bond donors (Lipinski definition) is 1. The SMILES string of the molecule is COc1nc2c(c(C)nn2-c2ccccc2)c(C)c1CCC(=O)NCCC1=CCCCC1. The number of fused-ring (bicyclic) bond motifs is 1. The third-order valence-electron chi connectivity index (χ3n) is 6.28. The quantitative estimate of drug-likeness (QED) is 0.510. The van der Waals surface area contributed by atoms with E-state index in [1.165, 1.54) is 31.3 Å². The summed E-state index contributed by atoms with van der Waals surface area (Å²) < 4.78 is 7.49. The summed E-state index contributed by atoms with van der Waals surface area (Å²) in [6.45, 7) is 4.78. The third kappa shape index (κ3) is 4.69. The van der Waals surface area contributed by atoms with Crippen LogP contribution in [0, 0.1) is 13.8 Å². The van der Waals surface area contributed by atoms with E-state index in [-0.39, 0.29) is 5.91 Å². The second-order valence-corrected chi connectivity index (χ2v) is 8.46. The number of carbonyl (C=O) groups is 1. The Hall–Kier alpha value is -3.15. The smallest absolute Gasteiger partial charge is 0.220 e. The minimum absolute atomic E-state index is 0.0691. The van der Waals surface area contributed by atoms with Crippen molar-refractivity contribution in [2.75, 3.05) is 13.7 Å². The molecule has 0 unspecified atom stereocenters. The van der Waals surface area contributed by atoms with Crippen molar-refractivity contribution >= 4 is 16.9 Å². The second-order valence-electron chi connectivity index (χ2n) is 8.46. The summed E-state index contributed by atoms with van der Waals surface area (Å²) in [6.07, 6.45) is 9.21. The molecule has 1 N–H and O–H groups in total. The Labute approximate surface area is 189 Å². The lowest BCUT2D eigenvalue weighted by Gasteiger charge is -2.14. The molecule has 1 amide bonds. The van der Waals surface area contributed by atoms with Crippen LogP contribution in [-0.4, -0.2) is 34.3 Å². The Morgan fingerprint density at radius 3 is 2.69 bits per heavy atom. The molecule has 4 rings (SSSR count). The van der Waals surface area contributed by atoms with Gasteiger partial charge in [-0.2, -0.15) is 10.1 Å². The normalized spacial score (nSPS) is 13.8. The molecule has 2 heterocycles. The Morgan fingerprint density at radius 2 is 1.97 bits per heavy atom. The maximum Gasteiger partial charge on any atom is 0.220 e. The Morgan fingerprint density at radius 1 is 1.16 bits per heavy atom. The lowest BCUT2D eigenvalue weighted by Crippen LogP contribution is -2.25. The van der Waals surface area contributed by atoms with E-state index in [0.717, 1.165) is 40.0 Å². The summed E-state index contributed by atoms with van der Waals surface area (Å²) in [6, 6.07) is 9.98. The fourth-order valence-electron chi connectivity index (χ4n) is 4.57. The van der Waals surface area contributed by atoms with Gasteiger partial charge in [-0.25, -0.2) is 4.68 Å². The molecular weight excluding hydrogens is 400 g/mol. The lowest BCUT2D eigenvalue weighted by atomic mass is 9.97. The second kappa shape index (κ2) is 9.98. The van der Waals surface area contributed by atoms with Crippen molar-refractivity contribution in [3.05, 3.63) is 58.8 Å². The molecule has 1 aromatic carbocycles. The van der Waals surface area contributed by atoms with Crippen LogP contribution in [-0.2, 0) is 11.2 Å². The van der Waals surface area contributed by atoms with Crippen LogP contribution in [0.3, 0.4) is 0 Å². The fourth-order valence-corrected chi connectivity index (χ4v) is 4.57. The number of carbonyl (C=O) groups excluding carboxylic acids is 1. The molecule has 6 heteroatoms. The van der Waals surface area contributed by atoms with Gasteiger partial charge in [0.1, 0.15) is 0 Å². The summed E-state index contributed by atoms with van der Waals surface area (Å²) in [4.78, 5) is 17.3. The van der Waals surface area contributed by atoms with Gasteiger partial charge in [0.05, 0.1) is 18.5 Å². The highest BCUT2D eigenvalue weighted by Gasteiger charge is 2.20. The van der Waals surface area contributed by atoms with Crippen LogP contribution in [0.2, 0.25) is 0 Å². The monoisotopic (exact) mass is 432 g/mol. The molecule has 168 valence electrons. The molecule has 1 aliphatic carbocycles. The van der Waals surface area contributed by atoms with E-state index >= 15 is 0 Å². The van der Waals surface area contributed by atoms with E-state index in [0.29, 0.717) is 25.3 Å². The predicted molar refractivity (Wildman–Crippen MR) is 127 cm³/mol. The molecule has 2 aromatic heterocycles. The van der Waals surface area contributed by atoms with Gasteiger partial charge >= 0.3 is 0 Å². The summed E-state index contributed by atoms with van der Waals surface area (Å²) in [7, 11) is 1.63. The number of nitrogens with one attached hydrogen (secondary N) is 1. The van der Waals surface area contributed by atoms with Crippen molar-refractivity contribution in [2.45, 2.75) is 58.8 Å². The van der Waals surface area contributed by atoms with Crippen molar-refractivity contribution in [2.24, 2.45) is 0 Å². The van der Waals surface area contributed by atoms with Crippen LogP contribution in [0.25, 0.3) is 16.7 Å². The fraction of sp³-hybridized carbons (Fsp3) is 0.423. The van der Waals surface area contributed by atoms with E-state index in [9.17, 15) is 4.79 Å². The van der Waals surface area contributed by atoms with E-state index in [1.54, 1.807) is 7.11 Å². The molecule has 32 heavy (non-hydrogen) atoms. The molecule has 0 spiro atoms. The van der Waals surface area contributed by atoms with Gasteiger partial charge in [0, 0.05) is 23.9 Å². The van der Waals surface area contributed by atoms with Gasteiger partial charge in [-0.15, -0.1) is 0 Å². The molecule has 0 saturated heterocycles. The number of hydrogen-bond acceptors (Lipinski definition) is 4. The minimum atomic E-state index is 0.0691. The number of benzene rings is 1. The number of rotatable bonds is 8. The Bertz CT molecular complexity index is 1130. The number of methoxy groups -OCH3 is 1. The zero-order valence-electron chi connectivity index (χ0n) is 19.3. The highest BCUT2D eigenvalue weighted by atomic mass is 16.5. The zero-order chi connectivity index (χ0) is 22.5. The third-order valence-corrected chi connectivity index (χ3v) is 6.28. The van der Waals surface area contributed by atoms with Crippen LogP contribution in [0.5, 0.6) is 5.88 Å². The number of aromatic nitrogens is 3. The van der Waals surface area contributed by atoms with Crippen molar-refractivity contribution in [3.63, 3.8) is 0 Å². The molecular formula is C26H32N4O2. The first kappa shape index (κ1) is 22.1. The molecule has 1 aliphatic rings. The van der Waals surface area contributed by atoms with Crippen molar-refractivity contribution in [1.82, 2.24) is 20.1 Å². The predicted octanol–water partition coefficient (Wildman–Crippen LogP) is 4.99. The number of ether oxygens (including phenoxy) is 1. The van der Waals surface area contributed by atoms with Gasteiger partial charge < -0.3 is 10.1 Å². The van der Waals surface area contributed by atoms with Gasteiger partial charge in [-0.3, -0.25) is 4.79 Å². The molecule has 0 radical (unpaired) electrons. The molecule has 0 atom stereocenters. The van der Waals surface area contributed by atoms with E-state index in [2.05, 4.69) is 18.3 Å². The first-order chi connectivity index (χ1) is 15.6. The average Bonchev–Trinajstić information content (AvgIpc) is 3.16. The van der Waals surface area contributed by atoms with Crippen molar-refractivity contribution in [1.29, 1.82) is 0 Å². The topological polar surface area (TPSA) is 69.0 Å². The highest BCUT2D eigenvalue weighted by Crippen LogP contribution is 2.31. The van der Waals surface area contributed by atoms with Crippen LogP contribution < -0.4 is 10.1 Å². The minimum Gasteiger partial charge on any atom is -0.481 e. The van der Waals surface area contributed by atoms with Crippen LogP contribution in [0.15, 0.2) is 42.0 Å². The summed E-state index contributed by atoms with van der Waals surface area (Å²) in [5.41, 5.74) is 6.18. The summed E-state index contributed by atoms with van der Waals surface area (Å²) in [5.74, 6) is 0.631. The number of allylic oxidation sites excluding steroid dienone is 1. The Balaban J connectivity index is 1.50. The molecule has 0 saturated carbocycles. The number of pyridine rings is 1. The number of para-hydroxylation sites is 1. The summed E-state index contributed by atoms with van der Waals surface area (Å²) in [5, 5.41) is 8.83. The van der Waals surface area contributed by atoms with E-state index in [4.69, 9.17) is 14.8 Å². The highest BCUT2D eigenvalue weighted by molar-refractivity contribution is 5.85. The molecule has 6 nitrogen and oxygen atoms in total. The molecule has 0 aliphatic heterocycles. The lowest BCUT2D eigenvalue weighted by molar-refractivity contribution is -0.121. The van der Waals surface area contributed by atoms with E-state index < -0.39 is 0 Å². The van der Waals surface area contributed by atoms with Gasteiger partial charge in [0.15, 0.2) is 5.65 Å². The van der Waals surface area contributed by atoms with Gasteiger partial charge in [0.2, 0.25) is 11.8 Å². The zero-order valence-corrected chi connectivity index (χ0v) is 19.3. The molecule has 3 aromatic rings. The van der Waals surface area contributed by atoms with Crippen molar-refractivity contribution in [3.8, 4) is 11.6 Å². The number of amides is 1. The number of nitrogens with zero attached hydrogens (tertiary/aromatic N) is 3.